The van der Waals surface area contributed by atoms with E-state index in [1.807, 2.05) is 43.2 Å². The van der Waals surface area contributed by atoms with E-state index < -0.39 is 10.1 Å². The molecule has 11 heteroatoms. The summed E-state index contributed by atoms with van der Waals surface area (Å²) in [5, 5.41) is 15.3. The number of rotatable bonds is 8. The van der Waals surface area contributed by atoms with Crippen LogP contribution in [0, 0.1) is 23.2 Å². The molecule has 1 saturated heterocycles. The van der Waals surface area contributed by atoms with E-state index in [-0.39, 0.29) is 17.5 Å². The van der Waals surface area contributed by atoms with Gasteiger partial charge in [-0.05, 0) is 44.6 Å². The number of nitrogens with zero attached hydrogens (tertiary/aromatic N) is 6. The zero-order valence-electron chi connectivity index (χ0n) is 19.4. The molecule has 34 heavy (non-hydrogen) atoms. The van der Waals surface area contributed by atoms with Crippen molar-refractivity contribution in [3.8, 4) is 17.3 Å². The molecule has 2 fully saturated rings. The average Bonchev–Trinajstić information content (AvgIpc) is 3.56. The van der Waals surface area contributed by atoms with Crippen LogP contribution in [0.4, 0.5) is 0 Å². The van der Waals surface area contributed by atoms with Crippen molar-refractivity contribution in [3.05, 3.63) is 31.0 Å². The van der Waals surface area contributed by atoms with Crippen LogP contribution in [0.1, 0.15) is 33.1 Å². The Morgan fingerprint density at radius 3 is 2.79 bits per heavy atom. The number of likely N-dealkylation sites (tertiary alicyclic amines) is 1. The topological polar surface area (TPSA) is 133 Å². The average molecular weight is 483 g/mol. The van der Waals surface area contributed by atoms with E-state index in [1.54, 1.807) is 0 Å². The summed E-state index contributed by atoms with van der Waals surface area (Å²) in [6.45, 7) is 5.34. The fraction of sp³-hybridized carbons (Fsp3) is 0.522. The minimum Gasteiger partial charge on any atom is -0.346 e. The lowest BCUT2D eigenvalue weighted by Crippen LogP contribution is -2.45. The molecule has 2 N–H and O–H groups in total. The molecule has 2 aliphatic rings. The van der Waals surface area contributed by atoms with Gasteiger partial charge in [-0.3, -0.25) is 23.3 Å². The highest BCUT2D eigenvalue weighted by molar-refractivity contribution is 8.13. The molecular weight excluding hydrogens is 452 g/mol. The van der Waals surface area contributed by atoms with Gasteiger partial charge in [-0.25, -0.2) is 9.97 Å². The van der Waals surface area contributed by atoms with Crippen molar-refractivity contribution in [2.45, 2.75) is 44.7 Å². The predicted molar refractivity (Wildman–Crippen MR) is 131 cm³/mol. The Balaban J connectivity index is 1.35. The van der Waals surface area contributed by atoms with Crippen molar-refractivity contribution in [1.29, 1.82) is 5.26 Å². The quantitative estimate of drug-likeness (QED) is 0.330. The SMILES string of the molecule is CC(C)N[SH](=O)(C=O)CN1C[C@@H]2C[C@@](CC#N)(n3cc(-c4ncnc5[nH]ccc45)cn3)C[C@@H]2C1. The number of nitrogens with one attached hydrogen (secondary N) is 2. The molecule has 180 valence electrons. The molecule has 1 saturated carbocycles. The van der Waals surface area contributed by atoms with Crippen LogP contribution in [0.5, 0.6) is 0 Å². The maximum Gasteiger partial charge on any atom is 0.196 e. The smallest absolute Gasteiger partial charge is 0.196 e. The Hall–Kier alpha value is -2.94. The highest BCUT2D eigenvalue weighted by Crippen LogP contribution is 2.49. The number of hydrogen-bond donors (Lipinski definition) is 3. The van der Waals surface area contributed by atoms with Crippen LogP contribution in [0.15, 0.2) is 31.0 Å². The molecule has 5 rings (SSSR count). The summed E-state index contributed by atoms with van der Waals surface area (Å²) in [5.41, 5.74) is 2.72. The van der Waals surface area contributed by atoms with Gasteiger partial charge in [0.15, 0.2) is 5.62 Å². The molecule has 0 unspecified atom stereocenters. The number of H-pyrrole nitrogens is 1. The standard InChI is InChI=1S/C23H30N8O2S/c1-16(2)29-34(33,15-32)14-30-10-17-7-23(4-5-24,8-18(17)11-30)31-12-19(9-28-31)21-20-3-6-25-22(20)27-13-26-21/h3,6,9,12-13,15-18,34H,4,7-8,10-11,14H2,1-2H3,(H,29,33)(H,25,26,27)/t17-,18+,23+. The number of carbonyl (C=O) groups is 1. The van der Waals surface area contributed by atoms with Crippen LogP contribution in [0.25, 0.3) is 22.3 Å². The first-order valence-electron chi connectivity index (χ1n) is 11.6. The fourth-order valence-electron chi connectivity index (χ4n) is 5.88. The molecular formula is C23H30N8O2S. The molecule has 1 aliphatic heterocycles. The summed E-state index contributed by atoms with van der Waals surface area (Å²) in [4.78, 5) is 25.5. The van der Waals surface area contributed by atoms with E-state index in [1.165, 1.54) is 6.33 Å². The van der Waals surface area contributed by atoms with Crippen LogP contribution in [0.3, 0.4) is 0 Å². The van der Waals surface area contributed by atoms with Crippen molar-refractivity contribution in [1.82, 2.24) is 34.4 Å². The van der Waals surface area contributed by atoms with Crippen LogP contribution in [-0.4, -0.2) is 64.5 Å². The lowest BCUT2D eigenvalue weighted by atomic mass is 9.92. The van der Waals surface area contributed by atoms with Gasteiger partial charge in [-0.2, -0.15) is 10.4 Å². The monoisotopic (exact) mass is 482 g/mol. The molecule has 10 nitrogen and oxygen atoms in total. The predicted octanol–water partition coefficient (Wildman–Crippen LogP) is 1.85. The molecule has 0 bridgehead atoms. The lowest BCUT2D eigenvalue weighted by Gasteiger charge is -2.31. The van der Waals surface area contributed by atoms with Crippen molar-refractivity contribution in [3.63, 3.8) is 0 Å². The molecule has 0 spiro atoms. The zero-order valence-corrected chi connectivity index (χ0v) is 20.3. The second kappa shape index (κ2) is 8.69. The first-order valence-corrected chi connectivity index (χ1v) is 13.6. The first kappa shape index (κ1) is 22.8. The third-order valence-corrected chi connectivity index (χ3v) is 9.21. The van der Waals surface area contributed by atoms with Gasteiger partial charge in [-0.15, -0.1) is 0 Å². The second-order valence-electron chi connectivity index (χ2n) is 9.99. The third kappa shape index (κ3) is 4.06. The van der Waals surface area contributed by atoms with Crippen molar-refractivity contribution in [2.75, 3.05) is 19.0 Å². The summed E-state index contributed by atoms with van der Waals surface area (Å²) in [5.74, 6) is 1.00. The highest BCUT2D eigenvalue weighted by Gasteiger charge is 2.51. The number of fused-ring (bicyclic) bond motifs is 2. The number of thiol groups is 1. The first-order chi connectivity index (χ1) is 16.3. The van der Waals surface area contributed by atoms with E-state index in [4.69, 9.17) is 0 Å². The summed E-state index contributed by atoms with van der Waals surface area (Å²) in [6.07, 6.45) is 9.23. The Morgan fingerprint density at radius 1 is 1.35 bits per heavy atom. The van der Waals surface area contributed by atoms with E-state index in [0.29, 0.717) is 23.9 Å². The van der Waals surface area contributed by atoms with Crippen molar-refractivity contribution < 1.29 is 9.00 Å². The van der Waals surface area contributed by atoms with Gasteiger partial charge in [0.25, 0.3) is 0 Å². The summed E-state index contributed by atoms with van der Waals surface area (Å²) >= 11 is 0. The summed E-state index contributed by atoms with van der Waals surface area (Å²) in [7, 11) is -3.08. The Labute approximate surface area is 199 Å². The third-order valence-electron chi connectivity index (χ3n) is 7.10. The lowest BCUT2D eigenvalue weighted by molar-refractivity contribution is 0.227. The molecule has 3 atom stereocenters. The Kier molecular flexibility index (Phi) is 5.83. The number of aromatic amines is 1. The van der Waals surface area contributed by atoms with Crippen molar-refractivity contribution >= 4 is 26.8 Å². The summed E-state index contributed by atoms with van der Waals surface area (Å²) in [6, 6.07) is 4.32. The number of aromatic nitrogens is 5. The second-order valence-corrected chi connectivity index (χ2v) is 12.3. The van der Waals surface area contributed by atoms with Crippen molar-refractivity contribution in [2.24, 2.45) is 11.8 Å². The number of nitriles is 1. The van der Waals surface area contributed by atoms with Gasteiger partial charge in [0.05, 0.1) is 35.8 Å². The van der Waals surface area contributed by atoms with Crippen LogP contribution < -0.4 is 4.72 Å². The minimum atomic E-state index is -3.08. The Morgan fingerprint density at radius 2 is 2.12 bits per heavy atom. The normalized spacial score (nSPS) is 25.6. The van der Waals surface area contributed by atoms with E-state index in [9.17, 15) is 14.3 Å². The van der Waals surface area contributed by atoms with E-state index in [2.05, 4.69) is 35.7 Å². The van der Waals surface area contributed by atoms with Crippen LogP contribution in [0.2, 0.25) is 0 Å². The van der Waals surface area contributed by atoms with Gasteiger partial charge >= 0.3 is 0 Å². The van der Waals surface area contributed by atoms with Gasteiger partial charge in [0.2, 0.25) is 0 Å². The molecule has 0 radical (unpaired) electrons. The van der Waals surface area contributed by atoms with Gasteiger partial charge in [0.1, 0.15) is 12.0 Å². The summed E-state index contributed by atoms with van der Waals surface area (Å²) < 4.78 is 17.9. The molecule has 0 amide bonds. The molecule has 4 heterocycles. The minimum absolute atomic E-state index is 0.0159. The molecule has 1 aliphatic carbocycles. The highest BCUT2D eigenvalue weighted by atomic mass is 32.3. The molecule has 3 aromatic rings. The van der Waals surface area contributed by atoms with Gasteiger partial charge in [-0.1, -0.05) is 0 Å². The maximum atomic E-state index is 12.9. The molecule has 0 aromatic carbocycles. The van der Waals surface area contributed by atoms with Gasteiger partial charge < -0.3 is 4.98 Å². The maximum absolute atomic E-state index is 12.9. The number of hydrogen-bond acceptors (Lipinski definition) is 7. The van der Waals surface area contributed by atoms with E-state index >= 15 is 0 Å². The largest absolute Gasteiger partial charge is 0.346 e. The Bertz CT molecular complexity index is 1280. The fourth-order valence-corrected chi connectivity index (χ4v) is 7.79. The number of carbonyl (C=O) groups excluding carboxylic acids is 1. The van der Waals surface area contributed by atoms with Crippen LogP contribution >= 0.6 is 0 Å². The molecule has 3 aromatic heterocycles. The van der Waals surface area contributed by atoms with Crippen LogP contribution in [-0.2, 0) is 20.5 Å². The zero-order chi connectivity index (χ0) is 23.9. The van der Waals surface area contributed by atoms with Gasteiger partial charge in [0, 0.05) is 52.6 Å². The van der Waals surface area contributed by atoms with E-state index in [0.717, 1.165) is 48.2 Å².